The largest absolute Gasteiger partial charge is 0.347 e. The number of rotatable bonds is 9. The summed E-state index contributed by atoms with van der Waals surface area (Å²) in [6.07, 6.45) is 9.29. The van der Waals surface area contributed by atoms with Crippen molar-refractivity contribution in [1.82, 2.24) is 25.8 Å². The highest BCUT2D eigenvalue weighted by molar-refractivity contribution is 6.38. The van der Waals surface area contributed by atoms with Gasteiger partial charge < -0.3 is 25.8 Å². The van der Waals surface area contributed by atoms with Crippen molar-refractivity contribution in [2.45, 2.75) is 109 Å². The number of Topliss-reactive ketones (excluding diaryl/α,β-unsaturated/α-hetero) is 1. The molecule has 5 amide bonds. The summed E-state index contributed by atoms with van der Waals surface area (Å²) in [5.74, 6) is -1.64. The fraction of sp³-hybridized carbons (Fsp3) is 0.808. The first kappa shape index (κ1) is 27.9. The van der Waals surface area contributed by atoms with Crippen molar-refractivity contribution in [3.8, 4) is 0 Å². The summed E-state index contributed by atoms with van der Waals surface area (Å²) in [4.78, 5) is 67.5. The minimum absolute atomic E-state index is 0.0158. The normalized spacial score (nSPS) is 20.9. The van der Waals surface area contributed by atoms with Crippen molar-refractivity contribution in [1.29, 1.82) is 0 Å². The zero-order chi connectivity index (χ0) is 26.1. The highest BCUT2D eigenvalue weighted by Crippen LogP contribution is 2.29. The minimum atomic E-state index is -1.11. The first-order valence-corrected chi connectivity index (χ1v) is 13.7. The lowest BCUT2D eigenvalue weighted by Gasteiger charge is -2.40. The van der Waals surface area contributed by atoms with E-state index in [-0.39, 0.29) is 23.9 Å². The molecule has 1 heterocycles. The molecule has 1 atom stereocenters. The zero-order valence-electron chi connectivity index (χ0n) is 21.9. The van der Waals surface area contributed by atoms with Gasteiger partial charge >= 0.3 is 6.03 Å². The third kappa shape index (κ3) is 7.20. The fourth-order valence-electron chi connectivity index (χ4n) is 5.53. The summed E-state index contributed by atoms with van der Waals surface area (Å²) in [5.41, 5.74) is -1.11. The average Bonchev–Trinajstić information content (AvgIpc) is 3.39. The molecule has 1 aliphatic heterocycles. The molecule has 2 saturated carbocycles. The Morgan fingerprint density at radius 2 is 1.50 bits per heavy atom. The summed E-state index contributed by atoms with van der Waals surface area (Å²) < 4.78 is 0. The van der Waals surface area contributed by atoms with Crippen molar-refractivity contribution in [2.75, 3.05) is 26.2 Å². The maximum Gasteiger partial charge on any atom is 0.318 e. The lowest BCUT2D eigenvalue weighted by molar-refractivity contribution is -0.141. The van der Waals surface area contributed by atoms with Crippen molar-refractivity contribution in [3.05, 3.63) is 0 Å². The number of carbonyl (C=O) groups is 5. The number of hydrogen-bond acceptors (Lipinski definition) is 5. The van der Waals surface area contributed by atoms with Gasteiger partial charge in [-0.2, -0.15) is 0 Å². The van der Waals surface area contributed by atoms with Crippen LogP contribution in [0.25, 0.3) is 0 Å². The average molecular weight is 506 g/mol. The van der Waals surface area contributed by atoms with Gasteiger partial charge in [0.1, 0.15) is 5.54 Å². The van der Waals surface area contributed by atoms with Crippen LogP contribution in [0.15, 0.2) is 0 Å². The first-order valence-electron chi connectivity index (χ1n) is 13.7. The van der Waals surface area contributed by atoms with Gasteiger partial charge in [0.05, 0.1) is 6.04 Å². The summed E-state index contributed by atoms with van der Waals surface area (Å²) in [6.45, 7) is 5.25. The first-order chi connectivity index (χ1) is 17.3. The second kappa shape index (κ2) is 13.1. The number of ketones is 1. The van der Waals surface area contributed by atoms with E-state index in [1.807, 2.05) is 6.92 Å². The lowest BCUT2D eigenvalue weighted by atomic mass is 9.80. The zero-order valence-corrected chi connectivity index (χ0v) is 21.9. The second-order valence-corrected chi connectivity index (χ2v) is 10.6. The smallest absolute Gasteiger partial charge is 0.318 e. The van der Waals surface area contributed by atoms with Crippen LogP contribution in [0.4, 0.5) is 4.79 Å². The number of hydrogen-bond donors (Lipinski definition) is 3. The van der Waals surface area contributed by atoms with E-state index in [1.165, 1.54) is 6.92 Å². The van der Waals surface area contributed by atoms with Gasteiger partial charge in [-0.25, -0.2) is 4.79 Å². The van der Waals surface area contributed by atoms with Crippen LogP contribution >= 0.6 is 0 Å². The molecule has 3 fully saturated rings. The van der Waals surface area contributed by atoms with Crippen molar-refractivity contribution >= 4 is 29.5 Å². The summed E-state index contributed by atoms with van der Waals surface area (Å²) in [5, 5.41) is 8.70. The molecule has 202 valence electrons. The third-order valence-corrected chi connectivity index (χ3v) is 7.88. The van der Waals surface area contributed by atoms with E-state index in [0.29, 0.717) is 51.9 Å². The van der Waals surface area contributed by atoms with E-state index in [2.05, 4.69) is 16.0 Å². The standard InChI is InChI=1S/C26H43N5O5/c1-3-4-12-21(22(33)23(34)27-20-10-6-7-11-20)28-24(35)26(13-8-5-9-14-26)29-25(36)31-17-15-30(16-18-31)19(2)32/h20-21H,3-18H2,1-2H3,(H,27,34)(H,28,35)(H,29,36)/t21-/m0/s1. The predicted molar refractivity (Wildman–Crippen MR) is 135 cm³/mol. The maximum atomic E-state index is 13.6. The molecule has 0 spiro atoms. The minimum Gasteiger partial charge on any atom is -0.347 e. The van der Waals surface area contributed by atoms with E-state index < -0.39 is 23.3 Å². The Balaban J connectivity index is 1.67. The third-order valence-electron chi connectivity index (χ3n) is 7.88. The summed E-state index contributed by atoms with van der Waals surface area (Å²) >= 11 is 0. The molecule has 0 aromatic heterocycles. The topological polar surface area (TPSA) is 128 Å². The number of unbranched alkanes of at least 4 members (excludes halogenated alkanes) is 1. The molecule has 36 heavy (non-hydrogen) atoms. The van der Waals surface area contributed by atoms with E-state index in [9.17, 15) is 24.0 Å². The fourth-order valence-corrected chi connectivity index (χ4v) is 5.53. The quantitative estimate of drug-likeness (QED) is 0.412. The van der Waals surface area contributed by atoms with Crippen molar-refractivity contribution in [2.24, 2.45) is 0 Å². The van der Waals surface area contributed by atoms with Gasteiger partial charge in [0, 0.05) is 39.1 Å². The Hall–Kier alpha value is -2.65. The number of carbonyl (C=O) groups excluding carboxylic acids is 5. The molecular formula is C26H43N5O5. The monoisotopic (exact) mass is 505 g/mol. The maximum absolute atomic E-state index is 13.6. The molecule has 3 N–H and O–H groups in total. The summed E-state index contributed by atoms with van der Waals surface area (Å²) in [7, 11) is 0. The van der Waals surface area contributed by atoms with Gasteiger partial charge in [0.15, 0.2) is 0 Å². The van der Waals surface area contributed by atoms with Gasteiger partial charge in [-0.15, -0.1) is 0 Å². The predicted octanol–water partition coefficient (Wildman–Crippen LogP) is 1.87. The number of nitrogens with one attached hydrogen (secondary N) is 3. The Bertz CT molecular complexity index is 812. The van der Waals surface area contributed by atoms with E-state index in [1.54, 1.807) is 9.80 Å². The number of urea groups is 1. The van der Waals surface area contributed by atoms with Crippen LogP contribution < -0.4 is 16.0 Å². The van der Waals surface area contributed by atoms with E-state index in [4.69, 9.17) is 0 Å². The Kier molecular flexibility index (Phi) is 10.1. The Labute approximate surface area is 214 Å². The molecule has 1 saturated heterocycles. The molecule has 10 heteroatoms. The Morgan fingerprint density at radius 3 is 2.08 bits per heavy atom. The van der Waals surface area contributed by atoms with Crippen LogP contribution in [0.1, 0.15) is 90.9 Å². The molecule has 0 aromatic rings. The second-order valence-electron chi connectivity index (χ2n) is 10.6. The lowest BCUT2D eigenvalue weighted by Crippen LogP contribution is -2.65. The number of piperazine rings is 1. The van der Waals surface area contributed by atoms with Gasteiger partial charge in [-0.1, -0.05) is 51.9 Å². The molecule has 3 aliphatic rings. The SMILES string of the molecule is CCCC[C@H](NC(=O)C1(NC(=O)N2CCN(C(C)=O)CC2)CCCCC1)C(=O)C(=O)NC1CCCC1. The van der Waals surface area contributed by atoms with E-state index in [0.717, 1.165) is 51.4 Å². The molecule has 0 bridgehead atoms. The van der Waals surface area contributed by atoms with Crippen LogP contribution in [0, 0.1) is 0 Å². The van der Waals surface area contributed by atoms with Gasteiger partial charge in [-0.3, -0.25) is 19.2 Å². The highest BCUT2D eigenvalue weighted by atomic mass is 16.2. The van der Waals surface area contributed by atoms with Crippen LogP contribution in [0.3, 0.4) is 0 Å². The molecule has 0 radical (unpaired) electrons. The molecule has 0 unspecified atom stereocenters. The van der Waals surface area contributed by atoms with Gasteiger partial charge in [0.25, 0.3) is 5.91 Å². The van der Waals surface area contributed by atoms with Crippen molar-refractivity contribution in [3.63, 3.8) is 0 Å². The molecule has 3 rings (SSSR count). The molecular weight excluding hydrogens is 462 g/mol. The molecule has 10 nitrogen and oxygen atoms in total. The van der Waals surface area contributed by atoms with Crippen LogP contribution in [0.2, 0.25) is 0 Å². The number of nitrogens with zero attached hydrogens (tertiary/aromatic N) is 2. The Morgan fingerprint density at radius 1 is 0.889 bits per heavy atom. The molecule has 0 aromatic carbocycles. The number of amides is 5. The van der Waals surface area contributed by atoms with Gasteiger partial charge in [-0.05, 0) is 32.1 Å². The van der Waals surface area contributed by atoms with Crippen LogP contribution in [-0.4, -0.2) is 83.1 Å². The molecule has 2 aliphatic carbocycles. The van der Waals surface area contributed by atoms with E-state index >= 15 is 0 Å². The van der Waals surface area contributed by atoms with Gasteiger partial charge in [0.2, 0.25) is 17.6 Å². The van der Waals surface area contributed by atoms with Crippen LogP contribution in [0.5, 0.6) is 0 Å². The van der Waals surface area contributed by atoms with Crippen LogP contribution in [-0.2, 0) is 19.2 Å². The summed E-state index contributed by atoms with van der Waals surface area (Å²) in [6, 6.07) is -1.21. The van der Waals surface area contributed by atoms with Crippen molar-refractivity contribution < 1.29 is 24.0 Å². The highest BCUT2D eigenvalue weighted by Gasteiger charge is 2.43.